The third-order valence-corrected chi connectivity index (χ3v) is 4.80. The van der Waals surface area contributed by atoms with Gasteiger partial charge in [-0.05, 0) is 44.1 Å². The number of likely N-dealkylation sites (tertiary alicyclic amines) is 1. The Kier molecular flexibility index (Phi) is 4.60. The summed E-state index contributed by atoms with van der Waals surface area (Å²) in [4.78, 5) is 2.86. The Morgan fingerprint density at radius 1 is 1.32 bits per heavy atom. The zero-order valence-electron chi connectivity index (χ0n) is 11.6. The topological polar surface area (TPSA) is 49.4 Å². The fourth-order valence-electron chi connectivity index (χ4n) is 2.65. The van der Waals surface area contributed by atoms with Gasteiger partial charge < -0.3 is 5.32 Å². The van der Waals surface area contributed by atoms with Crippen LogP contribution in [-0.4, -0.2) is 45.8 Å². The van der Waals surface area contributed by atoms with E-state index in [2.05, 4.69) is 10.2 Å². The molecular weight excluding hydrogens is 260 g/mol. The van der Waals surface area contributed by atoms with Crippen molar-refractivity contribution in [3.05, 3.63) is 29.8 Å². The molecule has 0 bridgehead atoms. The molecule has 1 fully saturated rings. The van der Waals surface area contributed by atoms with Crippen LogP contribution >= 0.6 is 0 Å². The van der Waals surface area contributed by atoms with Crippen LogP contribution in [0.2, 0.25) is 0 Å². The SMILES string of the molecule is CNCC1CCCN1Cc1ccc(S(C)(=O)=O)cc1. The van der Waals surface area contributed by atoms with Crippen LogP contribution in [0.4, 0.5) is 0 Å². The van der Waals surface area contributed by atoms with E-state index >= 15 is 0 Å². The Labute approximate surface area is 115 Å². The third kappa shape index (κ3) is 3.78. The maximum atomic E-state index is 11.4. The Morgan fingerprint density at radius 3 is 2.58 bits per heavy atom. The third-order valence-electron chi connectivity index (χ3n) is 3.68. The van der Waals surface area contributed by atoms with Gasteiger partial charge in [0.25, 0.3) is 0 Å². The molecule has 1 aromatic carbocycles. The van der Waals surface area contributed by atoms with Crippen molar-refractivity contribution in [2.75, 3.05) is 26.4 Å². The van der Waals surface area contributed by atoms with Crippen LogP contribution in [0.1, 0.15) is 18.4 Å². The summed E-state index contributed by atoms with van der Waals surface area (Å²) >= 11 is 0. The van der Waals surface area contributed by atoms with Crippen molar-refractivity contribution in [1.82, 2.24) is 10.2 Å². The van der Waals surface area contributed by atoms with Gasteiger partial charge in [-0.15, -0.1) is 0 Å². The molecule has 4 nitrogen and oxygen atoms in total. The van der Waals surface area contributed by atoms with E-state index < -0.39 is 9.84 Å². The van der Waals surface area contributed by atoms with E-state index in [4.69, 9.17) is 0 Å². The summed E-state index contributed by atoms with van der Waals surface area (Å²) in [5, 5.41) is 3.23. The number of nitrogens with zero attached hydrogens (tertiary/aromatic N) is 1. The molecular formula is C14H22N2O2S. The van der Waals surface area contributed by atoms with E-state index in [-0.39, 0.29) is 0 Å². The smallest absolute Gasteiger partial charge is 0.175 e. The fourth-order valence-corrected chi connectivity index (χ4v) is 3.28. The molecule has 0 amide bonds. The minimum atomic E-state index is -3.09. The van der Waals surface area contributed by atoms with Gasteiger partial charge in [0.05, 0.1) is 4.90 Å². The molecule has 1 aliphatic heterocycles. The lowest BCUT2D eigenvalue weighted by atomic mass is 10.2. The maximum absolute atomic E-state index is 11.4. The number of hydrogen-bond acceptors (Lipinski definition) is 4. The molecule has 0 radical (unpaired) electrons. The van der Waals surface area contributed by atoms with Crippen molar-refractivity contribution in [1.29, 1.82) is 0 Å². The van der Waals surface area contributed by atoms with E-state index in [1.54, 1.807) is 12.1 Å². The van der Waals surface area contributed by atoms with Crippen molar-refractivity contribution in [2.45, 2.75) is 30.3 Å². The molecule has 0 aromatic heterocycles. The number of benzene rings is 1. The van der Waals surface area contributed by atoms with Gasteiger partial charge in [-0.3, -0.25) is 4.90 Å². The Morgan fingerprint density at radius 2 is 2.00 bits per heavy atom. The zero-order chi connectivity index (χ0) is 13.9. The first-order valence-corrected chi connectivity index (χ1v) is 8.57. The highest BCUT2D eigenvalue weighted by Crippen LogP contribution is 2.20. The van der Waals surface area contributed by atoms with E-state index in [0.717, 1.165) is 19.6 Å². The molecule has 0 aliphatic carbocycles. The summed E-state index contributed by atoms with van der Waals surface area (Å²) in [6.07, 6.45) is 3.72. The lowest BCUT2D eigenvalue weighted by Crippen LogP contribution is -2.36. The highest BCUT2D eigenvalue weighted by atomic mass is 32.2. The quantitative estimate of drug-likeness (QED) is 0.884. The number of sulfone groups is 1. The molecule has 1 heterocycles. The fraction of sp³-hybridized carbons (Fsp3) is 0.571. The van der Waals surface area contributed by atoms with Crippen LogP contribution in [0.25, 0.3) is 0 Å². The Bertz CT molecular complexity index is 511. The van der Waals surface area contributed by atoms with E-state index in [1.807, 2.05) is 19.2 Å². The van der Waals surface area contributed by atoms with Crippen LogP contribution in [-0.2, 0) is 16.4 Å². The zero-order valence-corrected chi connectivity index (χ0v) is 12.4. The first kappa shape index (κ1) is 14.5. The van der Waals surface area contributed by atoms with Crippen molar-refractivity contribution in [3.8, 4) is 0 Å². The summed E-state index contributed by atoms with van der Waals surface area (Å²) in [6, 6.07) is 7.84. The number of nitrogens with one attached hydrogen (secondary N) is 1. The highest BCUT2D eigenvalue weighted by Gasteiger charge is 2.23. The van der Waals surface area contributed by atoms with Crippen LogP contribution < -0.4 is 5.32 Å². The van der Waals surface area contributed by atoms with Gasteiger partial charge in [-0.2, -0.15) is 0 Å². The second-order valence-electron chi connectivity index (χ2n) is 5.24. The molecule has 1 unspecified atom stereocenters. The van der Waals surface area contributed by atoms with Crippen LogP contribution in [0, 0.1) is 0 Å². The average molecular weight is 282 g/mol. The van der Waals surface area contributed by atoms with Crippen LogP contribution in [0.3, 0.4) is 0 Å². The first-order valence-electron chi connectivity index (χ1n) is 6.68. The molecule has 1 aliphatic rings. The standard InChI is InChI=1S/C14H22N2O2S/c1-15-10-13-4-3-9-16(13)11-12-5-7-14(8-6-12)19(2,17)18/h5-8,13,15H,3-4,9-11H2,1-2H3. The van der Waals surface area contributed by atoms with Gasteiger partial charge in [-0.1, -0.05) is 12.1 Å². The normalized spacial score (nSPS) is 20.8. The molecule has 1 saturated heterocycles. The average Bonchev–Trinajstić information content (AvgIpc) is 2.77. The number of rotatable bonds is 5. The van der Waals surface area contributed by atoms with Gasteiger partial charge in [0.1, 0.15) is 0 Å². The van der Waals surface area contributed by atoms with Gasteiger partial charge in [0.15, 0.2) is 9.84 Å². The molecule has 2 rings (SSSR count). The lowest BCUT2D eigenvalue weighted by molar-refractivity contribution is 0.242. The molecule has 1 atom stereocenters. The highest BCUT2D eigenvalue weighted by molar-refractivity contribution is 7.90. The lowest BCUT2D eigenvalue weighted by Gasteiger charge is -2.24. The number of likely N-dealkylation sites (N-methyl/N-ethyl adjacent to an activating group) is 1. The van der Waals surface area contributed by atoms with Gasteiger partial charge in [-0.25, -0.2) is 8.42 Å². The molecule has 106 valence electrons. The van der Waals surface area contributed by atoms with E-state index in [9.17, 15) is 8.42 Å². The Balaban J connectivity index is 2.03. The first-order chi connectivity index (χ1) is 9.00. The largest absolute Gasteiger partial charge is 0.318 e. The molecule has 1 aromatic rings. The summed E-state index contributed by atoms with van der Waals surface area (Å²) in [6.45, 7) is 3.04. The molecule has 0 saturated carbocycles. The second-order valence-corrected chi connectivity index (χ2v) is 7.26. The van der Waals surface area contributed by atoms with E-state index in [0.29, 0.717) is 10.9 Å². The van der Waals surface area contributed by atoms with Crippen LogP contribution in [0.5, 0.6) is 0 Å². The van der Waals surface area contributed by atoms with Crippen LogP contribution in [0.15, 0.2) is 29.2 Å². The van der Waals surface area contributed by atoms with Gasteiger partial charge >= 0.3 is 0 Å². The molecule has 5 heteroatoms. The summed E-state index contributed by atoms with van der Waals surface area (Å²) in [5.41, 5.74) is 1.18. The number of hydrogen-bond donors (Lipinski definition) is 1. The summed E-state index contributed by atoms with van der Waals surface area (Å²) in [7, 11) is -1.11. The van der Waals surface area contributed by atoms with Gasteiger partial charge in [0.2, 0.25) is 0 Å². The van der Waals surface area contributed by atoms with Crippen molar-refractivity contribution < 1.29 is 8.42 Å². The monoisotopic (exact) mass is 282 g/mol. The predicted octanol–water partition coefficient (Wildman–Crippen LogP) is 1.27. The van der Waals surface area contributed by atoms with E-state index in [1.165, 1.54) is 24.7 Å². The second kappa shape index (κ2) is 6.03. The van der Waals surface area contributed by atoms with Gasteiger partial charge in [0, 0.05) is 25.4 Å². The van der Waals surface area contributed by atoms with Crippen molar-refractivity contribution in [3.63, 3.8) is 0 Å². The Hall–Kier alpha value is -0.910. The predicted molar refractivity (Wildman–Crippen MR) is 76.9 cm³/mol. The summed E-state index contributed by atoms with van der Waals surface area (Å²) in [5.74, 6) is 0. The summed E-state index contributed by atoms with van der Waals surface area (Å²) < 4.78 is 22.8. The molecule has 1 N–H and O–H groups in total. The van der Waals surface area contributed by atoms with Crippen molar-refractivity contribution in [2.24, 2.45) is 0 Å². The molecule has 0 spiro atoms. The molecule has 19 heavy (non-hydrogen) atoms. The van der Waals surface area contributed by atoms with Crippen molar-refractivity contribution >= 4 is 9.84 Å². The minimum Gasteiger partial charge on any atom is -0.318 e. The maximum Gasteiger partial charge on any atom is 0.175 e. The minimum absolute atomic E-state index is 0.393.